The third-order valence-electron chi connectivity index (χ3n) is 5.20. The molecule has 8 heteroatoms. The molecule has 2 aromatic rings. The fourth-order valence-corrected chi connectivity index (χ4v) is 6.26. The molecular weight excluding hydrogens is 404 g/mol. The maximum Gasteiger partial charge on any atom is 0.241 e. The van der Waals surface area contributed by atoms with E-state index in [0.717, 1.165) is 34.0 Å². The van der Waals surface area contributed by atoms with Gasteiger partial charge >= 0.3 is 0 Å². The minimum atomic E-state index is -3.48. The van der Waals surface area contributed by atoms with Crippen molar-refractivity contribution in [1.82, 2.24) is 10.3 Å². The second-order valence-corrected chi connectivity index (χ2v) is 10.9. The Kier molecular flexibility index (Phi) is 5.66. The van der Waals surface area contributed by atoms with Crippen molar-refractivity contribution in [2.45, 2.75) is 50.3 Å². The Labute approximate surface area is 169 Å². The predicted molar refractivity (Wildman–Crippen MR) is 110 cm³/mol. The monoisotopic (exact) mass is 426 g/mol. The summed E-state index contributed by atoms with van der Waals surface area (Å²) in [6.45, 7) is 3.77. The molecule has 5 nitrogen and oxygen atoms in total. The molecule has 1 aliphatic carbocycles. The van der Waals surface area contributed by atoms with Crippen molar-refractivity contribution in [1.29, 1.82) is 0 Å². The summed E-state index contributed by atoms with van der Waals surface area (Å²) in [6.07, 6.45) is 3.47. The lowest BCUT2D eigenvalue weighted by atomic mass is 10.1. The van der Waals surface area contributed by atoms with E-state index in [0.29, 0.717) is 17.9 Å². The number of aryl methyl sites for hydroxylation is 1. The van der Waals surface area contributed by atoms with E-state index in [2.05, 4.69) is 10.3 Å². The second-order valence-electron chi connectivity index (χ2n) is 7.14. The molecule has 0 radical (unpaired) electrons. The smallest absolute Gasteiger partial charge is 0.241 e. The van der Waals surface area contributed by atoms with Gasteiger partial charge in [-0.25, -0.2) is 13.4 Å². The molecule has 1 heterocycles. The van der Waals surface area contributed by atoms with Crippen molar-refractivity contribution in [3.8, 4) is 10.6 Å². The lowest BCUT2D eigenvalue weighted by Crippen LogP contribution is -2.50. The van der Waals surface area contributed by atoms with Crippen LogP contribution >= 0.6 is 22.9 Å². The molecule has 0 bridgehead atoms. The number of halogens is 1. The van der Waals surface area contributed by atoms with Gasteiger partial charge in [0, 0.05) is 16.8 Å². The molecule has 1 amide bonds. The average molecular weight is 427 g/mol. The highest BCUT2D eigenvalue weighted by atomic mass is 35.5. The van der Waals surface area contributed by atoms with E-state index >= 15 is 0 Å². The molecule has 1 aliphatic rings. The van der Waals surface area contributed by atoms with Crippen LogP contribution in [0.4, 0.5) is 0 Å². The number of hydrogen-bond acceptors (Lipinski definition) is 5. The Balaban J connectivity index is 1.83. The Morgan fingerprint density at radius 1 is 1.26 bits per heavy atom. The Morgan fingerprint density at radius 2 is 1.85 bits per heavy atom. The van der Waals surface area contributed by atoms with Gasteiger partial charge in [-0.1, -0.05) is 36.6 Å². The topological polar surface area (TPSA) is 76.1 Å². The molecule has 3 rings (SSSR count). The SMILES string of the molecule is Cc1nc(-c2ccc(Cl)cc2)sc1C(C)NC(=O)C1(S(C)(=O)=O)CCCC1. The third kappa shape index (κ3) is 3.91. The standard InChI is InChI=1S/C19H23ClN2O3S2/c1-12-16(26-17(21-12)14-6-8-15(20)9-7-14)13(2)22-18(23)19(27(3,24)25)10-4-5-11-19/h6-9,13H,4-5,10-11H2,1-3H3,(H,22,23). The van der Waals surface area contributed by atoms with E-state index in [1.165, 1.54) is 17.6 Å². The van der Waals surface area contributed by atoms with Gasteiger partial charge in [0.05, 0.1) is 16.6 Å². The molecule has 1 unspecified atom stereocenters. The predicted octanol–water partition coefficient (Wildman–Crippen LogP) is 4.31. The zero-order chi connectivity index (χ0) is 19.8. The highest BCUT2D eigenvalue weighted by Gasteiger charge is 2.50. The number of benzene rings is 1. The Bertz CT molecular complexity index is 946. The van der Waals surface area contributed by atoms with Crippen molar-refractivity contribution < 1.29 is 13.2 Å². The normalized spacial score (nSPS) is 17.6. The van der Waals surface area contributed by atoms with Crippen LogP contribution in [0.5, 0.6) is 0 Å². The highest BCUT2D eigenvalue weighted by Crippen LogP contribution is 2.38. The third-order valence-corrected chi connectivity index (χ3v) is 8.85. The number of amides is 1. The van der Waals surface area contributed by atoms with E-state index < -0.39 is 20.5 Å². The fourth-order valence-electron chi connectivity index (χ4n) is 3.63. The Hall–Kier alpha value is -1.44. The van der Waals surface area contributed by atoms with Crippen LogP contribution in [-0.2, 0) is 14.6 Å². The summed E-state index contributed by atoms with van der Waals surface area (Å²) in [7, 11) is -3.48. The average Bonchev–Trinajstić information content (AvgIpc) is 3.22. The van der Waals surface area contributed by atoms with Gasteiger partial charge in [0.2, 0.25) is 5.91 Å². The Morgan fingerprint density at radius 3 is 2.41 bits per heavy atom. The maximum absolute atomic E-state index is 12.9. The number of carbonyl (C=O) groups excluding carboxylic acids is 1. The molecule has 1 fully saturated rings. The van der Waals surface area contributed by atoms with Crippen molar-refractivity contribution >= 4 is 38.7 Å². The molecule has 0 aliphatic heterocycles. The minimum absolute atomic E-state index is 0.310. The van der Waals surface area contributed by atoms with Gasteiger partial charge in [-0.3, -0.25) is 4.79 Å². The molecule has 0 saturated heterocycles. The molecule has 1 saturated carbocycles. The molecule has 1 aromatic heterocycles. The van der Waals surface area contributed by atoms with Crippen LogP contribution in [0.15, 0.2) is 24.3 Å². The van der Waals surface area contributed by atoms with Crippen LogP contribution in [0.1, 0.15) is 49.2 Å². The molecule has 1 atom stereocenters. The van der Waals surface area contributed by atoms with Crippen molar-refractivity contribution in [2.75, 3.05) is 6.26 Å². The van der Waals surface area contributed by atoms with Gasteiger partial charge in [0.25, 0.3) is 0 Å². The first-order valence-corrected chi connectivity index (χ1v) is 12.0. The van der Waals surface area contributed by atoms with Crippen LogP contribution < -0.4 is 5.32 Å². The molecule has 1 aromatic carbocycles. The maximum atomic E-state index is 12.9. The van der Waals surface area contributed by atoms with Crippen molar-refractivity contribution in [2.24, 2.45) is 0 Å². The van der Waals surface area contributed by atoms with Gasteiger partial charge in [0.1, 0.15) is 9.75 Å². The number of rotatable bonds is 5. The number of carbonyl (C=O) groups is 1. The summed E-state index contributed by atoms with van der Waals surface area (Å²) in [5.74, 6) is -0.393. The number of thiazole rings is 1. The number of nitrogens with one attached hydrogen (secondary N) is 1. The van der Waals surface area contributed by atoms with E-state index in [1.54, 1.807) is 0 Å². The van der Waals surface area contributed by atoms with E-state index in [1.807, 2.05) is 38.1 Å². The van der Waals surface area contributed by atoms with Crippen LogP contribution in [0, 0.1) is 6.92 Å². The summed E-state index contributed by atoms with van der Waals surface area (Å²) in [5.41, 5.74) is 1.79. The first-order chi connectivity index (χ1) is 12.6. The van der Waals surface area contributed by atoms with E-state index in [4.69, 9.17) is 11.6 Å². The summed E-state index contributed by atoms with van der Waals surface area (Å²) < 4.78 is 23.3. The molecular formula is C19H23ClN2O3S2. The molecule has 146 valence electrons. The van der Waals surface area contributed by atoms with Gasteiger partial charge < -0.3 is 5.32 Å². The second kappa shape index (κ2) is 7.53. The largest absolute Gasteiger partial charge is 0.347 e. The summed E-state index contributed by atoms with van der Waals surface area (Å²) in [5, 5.41) is 4.44. The van der Waals surface area contributed by atoms with Gasteiger partial charge in [0.15, 0.2) is 9.84 Å². The number of hydrogen-bond donors (Lipinski definition) is 1. The van der Waals surface area contributed by atoms with Crippen molar-refractivity contribution in [3.05, 3.63) is 39.9 Å². The first-order valence-electron chi connectivity index (χ1n) is 8.88. The number of nitrogens with zero attached hydrogens (tertiary/aromatic N) is 1. The van der Waals surface area contributed by atoms with Gasteiger partial charge in [-0.05, 0) is 38.8 Å². The van der Waals surface area contributed by atoms with Crippen LogP contribution in [-0.4, -0.2) is 30.3 Å². The molecule has 0 spiro atoms. The summed E-state index contributed by atoms with van der Waals surface area (Å²) >= 11 is 7.44. The first kappa shape index (κ1) is 20.3. The zero-order valence-electron chi connectivity index (χ0n) is 15.6. The van der Waals surface area contributed by atoms with E-state index in [-0.39, 0.29) is 6.04 Å². The minimum Gasteiger partial charge on any atom is -0.347 e. The van der Waals surface area contributed by atoms with Crippen molar-refractivity contribution in [3.63, 3.8) is 0 Å². The summed E-state index contributed by atoms with van der Waals surface area (Å²) in [6, 6.07) is 7.13. The zero-order valence-corrected chi connectivity index (χ0v) is 18.0. The lowest BCUT2D eigenvalue weighted by Gasteiger charge is -2.27. The number of sulfone groups is 1. The van der Waals surface area contributed by atoms with Crippen LogP contribution in [0.2, 0.25) is 5.02 Å². The summed E-state index contributed by atoms with van der Waals surface area (Å²) in [4.78, 5) is 18.4. The molecule has 1 N–H and O–H groups in total. The quantitative estimate of drug-likeness (QED) is 0.772. The van der Waals surface area contributed by atoms with Gasteiger partial charge in [-0.2, -0.15) is 0 Å². The highest BCUT2D eigenvalue weighted by molar-refractivity contribution is 7.92. The van der Waals surface area contributed by atoms with Gasteiger partial charge in [-0.15, -0.1) is 11.3 Å². The van der Waals surface area contributed by atoms with E-state index in [9.17, 15) is 13.2 Å². The van der Waals surface area contributed by atoms with Crippen LogP contribution in [0.3, 0.4) is 0 Å². The van der Waals surface area contributed by atoms with Crippen LogP contribution in [0.25, 0.3) is 10.6 Å². The lowest BCUT2D eigenvalue weighted by molar-refractivity contribution is -0.124. The molecule has 27 heavy (non-hydrogen) atoms. The fraction of sp³-hybridized carbons (Fsp3) is 0.474. The number of aromatic nitrogens is 1.